The van der Waals surface area contributed by atoms with Crippen LogP contribution in [0.15, 0.2) is 6.07 Å². The van der Waals surface area contributed by atoms with Gasteiger partial charge in [-0.05, 0) is 12.8 Å². The van der Waals surface area contributed by atoms with Crippen molar-refractivity contribution >= 4 is 5.91 Å². The van der Waals surface area contributed by atoms with Crippen molar-refractivity contribution in [2.24, 2.45) is 0 Å². The standard InChI is InChI=1S/C17H26N4O2/c22-17(15-13-16-21(18-15)7-4-12-23-16)20-10-8-19(9-11-20)14-5-2-1-3-6-14/h13-14H,1-12H2. The molecule has 6 heteroatoms. The number of hydrogen-bond donors (Lipinski definition) is 0. The van der Waals surface area contributed by atoms with Crippen LogP contribution in [0.3, 0.4) is 0 Å². The number of nitrogens with zero attached hydrogens (tertiary/aromatic N) is 4. The molecule has 0 spiro atoms. The summed E-state index contributed by atoms with van der Waals surface area (Å²) in [7, 11) is 0. The minimum Gasteiger partial charge on any atom is -0.478 e. The molecule has 1 aromatic rings. The predicted octanol–water partition coefficient (Wildman–Crippen LogP) is 1.76. The van der Waals surface area contributed by atoms with E-state index in [9.17, 15) is 4.79 Å². The molecule has 1 saturated heterocycles. The Balaban J connectivity index is 1.36. The van der Waals surface area contributed by atoms with Gasteiger partial charge in [-0.25, -0.2) is 4.68 Å². The Morgan fingerprint density at radius 3 is 2.57 bits per heavy atom. The molecular formula is C17H26N4O2. The molecule has 6 nitrogen and oxygen atoms in total. The SMILES string of the molecule is O=C(c1cc2n(n1)CCCO2)N1CCN(C2CCCCC2)CC1. The highest BCUT2D eigenvalue weighted by molar-refractivity contribution is 5.92. The van der Waals surface area contributed by atoms with E-state index >= 15 is 0 Å². The second-order valence-electron chi connectivity index (χ2n) is 6.91. The molecule has 0 aromatic carbocycles. The molecule has 23 heavy (non-hydrogen) atoms. The largest absolute Gasteiger partial charge is 0.478 e. The Morgan fingerprint density at radius 2 is 1.83 bits per heavy atom. The molecule has 0 atom stereocenters. The lowest BCUT2D eigenvalue weighted by atomic mass is 9.94. The molecule has 2 fully saturated rings. The van der Waals surface area contributed by atoms with E-state index in [0.717, 1.165) is 57.7 Å². The Morgan fingerprint density at radius 1 is 1.04 bits per heavy atom. The number of piperazine rings is 1. The summed E-state index contributed by atoms with van der Waals surface area (Å²) in [6, 6.07) is 2.55. The zero-order valence-electron chi connectivity index (χ0n) is 13.7. The van der Waals surface area contributed by atoms with Gasteiger partial charge < -0.3 is 9.64 Å². The summed E-state index contributed by atoms with van der Waals surface area (Å²) in [6.07, 6.45) is 7.75. The average molecular weight is 318 g/mol. The number of fused-ring (bicyclic) bond motifs is 1. The molecule has 126 valence electrons. The second-order valence-corrected chi connectivity index (χ2v) is 6.91. The normalized spacial score (nSPS) is 23.4. The molecule has 1 aliphatic carbocycles. The third-order valence-electron chi connectivity index (χ3n) is 5.42. The van der Waals surface area contributed by atoms with Gasteiger partial charge in [0.05, 0.1) is 6.61 Å². The zero-order valence-corrected chi connectivity index (χ0v) is 13.7. The number of rotatable bonds is 2. The maximum atomic E-state index is 12.7. The Kier molecular flexibility index (Phi) is 4.25. The molecule has 3 aliphatic rings. The molecule has 0 N–H and O–H groups in total. The molecule has 1 amide bonds. The molecule has 2 aliphatic heterocycles. The van der Waals surface area contributed by atoms with Crippen molar-refractivity contribution in [1.29, 1.82) is 0 Å². The summed E-state index contributed by atoms with van der Waals surface area (Å²) in [5.41, 5.74) is 0.535. The van der Waals surface area contributed by atoms with Crippen LogP contribution in [-0.4, -0.2) is 64.3 Å². The molecule has 0 unspecified atom stereocenters. The van der Waals surface area contributed by atoms with Crippen LogP contribution in [0, 0.1) is 0 Å². The van der Waals surface area contributed by atoms with Gasteiger partial charge in [-0.1, -0.05) is 19.3 Å². The fraction of sp³-hybridized carbons (Fsp3) is 0.765. The van der Waals surface area contributed by atoms with Gasteiger partial charge in [0.15, 0.2) is 5.69 Å². The van der Waals surface area contributed by atoms with Crippen LogP contribution in [-0.2, 0) is 6.54 Å². The van der Waals surface area contributed by atoms with Crippen LogP contribution >= 0.6 is 0 Å². The monoisotopic (exact) mass is 318 g/mol. The van der Waals surface area contributed by atoms with E-state index < -0.39 is 0 Å². The summed E-state index contributed by atoms with van der Waals surface area (Å²) < 4.78 is 7.37. The fourth-order valence-corrected chi connectivity index (χ4v) is 4.07. The summed E-state index contributed by atoms with van der Waals surface area (Å²) >= 11 is 0. The molecule has 1 saturated carbocycles. The van der Waals surface area contributed by atoms with E-state index in [0.29, 0.717) is 5.69 Å². The maximum absolute atomic E-state index is 12.7. The lowest BCUT2D eigenvalue weighted by Crippen LogP contribution is -2.52. The Bertz CT molecular complexity index is 533. The lowest BCUT2D eigenvalue weighted by Gasteiger charge is -2.40. The Hall–Kier alpha value is -1.56. The van der Waals surface area contributed by atoms with Crippen molar-refractivity contribution in [3.63, 3.8) is 0 Å². The summed E-state index contributed by atoms with van der Waals surface area (Å²) in [5.74, 6) is 0.791. The highest BCUT2D eigenvalue weighted by atomic mass is 16.5. The van der Waals surface area contributed by atoms with Gasteiger partial charge in [-0.3, -0.25) is 9.69 Å². The topological polar surface area (TPSA) is 50.6 Å². The molecule has 3 heterocycles. The van der Waals surface area contributed by atoms with Gasteiger partial charge in [0, 0.05) is 51.3 Å². The van der Waals surface area contributed by atoms with Crippen LogP contribution in [0.1, 0.15) is 49.0 Å². The third kappa shape index (κ3) is 3.09. The van der Waals surface area contributed by atoms with Crippen LogP contribution in [0.5, 0.6) is 5.88 Å². The van der Waals surface area contributed by atoms with Gasteiger partial charge >= 0.3 is 0 Å². The third-order valence-corrected chi connectivity index (χ3v) is 5.42. The van der Waals surface area contributed by atoms with E-state index in [1.54, 1.807) is 6.07 Å². The zero-order chi connectivity index (χ0) is 15.6. The number of ether oxygens (including phenoxy) is 1. The Labute approximate surface area is 137 Å². The number of hydrogen-bond acceptors (Lipinski definition) is 4. The number of aryl methyl sites for hydroxylation is 1. The van der Waals surface area contributed by atoms with Crippen molar-refractivity contribution in [2.75, 3.05) is 32.8 Å². The van der Waals surface area contributed by atoms with Crippen LogP contribution < -0.4 is 4.74 Å². The van der Waals surface area contributed by atoms with Crippen LogP contribution in [0.25, 0.3) is 0 Å². The van der Waals surface area contributed by atoms with Crippen molar-refractivity contribution < 1.29 is 9.53 Å². The second kappa shape index (κ2) is 6.51. The quantitative estimate of drug-likeness (QED) is 0.834. The van der Waals surface area contributed by atoms with E-state index in [1.165, 1.54) is 32.1 Å². The minimum absolute atomic E-state index is 0.0544. The molecular weight excluding hydrogens is 292 g/mol. The average Bonchev–Trinajstić information content (AvgIpc) is 3.06. The first-order valence-electron chi connectivity index (χ1n) is 9.05. The first-order chi connectivity index (χ1) is 11.3. The van der Waals surface area contributed by atoms with Crippen molar-refractivity contribution in [2.45, 2.75) is 51.1 Å². The van der Waals surface area contributed by atoms with Gasteiger partial charge in [0.2, 0.25) is 5.88 Å². The van der Waals surface area contributed by atoms with Crippen molar-refractivity contribution in [3.8, 4) is 5.88 Å². The summed E-state index contributed by atoms with van der Waals surface area (Å²) in [6.45, 7) is 5.20. The van der Waals surface area contributed by atoms with Gasteiger partial charge in [0.1, 0.15) is 0 Å². The summed E-state index contributed by atoms with van der Waals surface area (Å²) in [5, 5.41) is 4.42. The van der Waals surface area contributed by atoms with E-state index in [1.807, 2.05) is 9.58 Å². The van der Waals surface area contributed by atoms with Crippen LogP contribution in [0.4, 0.5) is 0 Å². The van der Waals surface area contributed by atoms with Gasteiger partial charge in [0.25, 0.3) is 5.91 Å². The maximum Gasteiger partial charge on any atom is 0.274 e. The highest BCUT2D eigenvalue weighted by Crippen LogP contribution is 2.24. The van der Waals surface area contributed by atoms with E-state index in [-0.39, 0.29) is 5.91 Å². The fourth-order valence-electron chi connectivity index (χ4n) is 4.07. The first kappa shape index (κ1) is 15.0. The highest BCUT2D eigenvalue weighted by Gasteiger charge is 2.29. The number of carbonyl (C=O) groups excluding carboxylic acids is 1. The molecule has 0 radical (unpaired) electrons. The molecule has 4 rings (SSSR count). The smallest absolute Gasteiger partial charge is 0.274 e. The van der Waals surface area contributed by atoms with E-state index in [4.69, 9.17) is 4.74 Å². The number of amides is 1. The van der Waals surface area contributed by atoms with Crippen molar-refractivity contribution in [3.05, 3.63) is 11.8 Å². The predicted molar refractivity (Wildman–Crippen MR) is 86.7 cm³/mol. The van der Waals surface area contributed by atoms with E-state index in [2.05, 4.69) is 10.00 Å². The summed E-state index contributed by atoms with van der Waals surface area (Å²) in [4.78, 5) is 17.2. The molecule has 0 bridgehead atoms. The first-order valence-corrected chi connectivity index (χ1v) is 9.05. The number of carbonyl (C=O) groups is 1. The van der Waals surface area contributed by atoms with Gasteiger partial charge in [-0.2, -0.15) is 5.10 Å². The lowest BCUT2D eigenvalue weighted by molar-refractivity contribution is 0.0517. The molecule has 1 aromatic heterocycles. The van der Waals surface area contributed by atoms with Crippen LogP contribution in [0.2, 0.25) is 0 Å². The van der Waals surface area contributed by atoms with Gasteiger partial charge in [-0.15, -0.1) is 0 Å². The number of aromatic nitrogens is 2. The minimum atomic E-state index is 0.0544. The van der Waals surface area contributed by atoms with Crippen molar-refractivity contribution in [1.82, 2.24) is 19.6 Å².